The van der Waals surface area contributed by atoms with Gasteiger partial charge in [-0.25, -0.2) is 4.39 Å². The lowest BCUT2D eigenvalue weighted by atomic mass is 9.98. The van der Waals surface area contributed by atoms with Gasteiger partial charge in [0, 0.05) is 28.0 Å². The van der Waals surface area contributed by atoms with Crippen molar-refractivity contribution in [2.75, 3.05) is 6.61 Å². The number of para-hydroxylation sites is 1. The zero-order valence-electron chi connectivity index (χ0n) is 19.4. The Bertz CT molecular complexity index is 1350. The quantitative estimate of drug-likeness (QED) is 0.264. The van der Waals surface area contributed by atoms with E-state index in [1.165, 1.54) is 0 Å². The summed E-state index contributed by atoms with van der Waals surface area (Å²) in [5.74, 6) is 1.51. The second-order valence-electron chi connectivity index (χ2n) is 8.80. The van der Waals surface area contributed by atoms with E-state index in [2.05, 4.69) is 6.07 Å². The number of hydrogen-bond donors (Lipinski definition) is 0. The Morgan fingerprint density at radius 1 is 1.06 bits per heavy atom. The molecule has 5 heteroatoms. The molecule has 0 saturated heterocycles. The number of esters is 1. The van der Waals surface area contributed by atoms with Crippen LogP contribution in [0, 0.1) is 12.7 Å². The van der Waals surface area contributed by atoms with E-state index >= 15 is 4.39 Å². The summed E-state index contributed by atoms with van der Waals surface area (Å²) in [6.07, 6.45) is 2.40. The summed E-state index contributed by atoms with van der Waals surface area (Å²) in [6.45, 7) is 4.17. The topological polar surface area (TPSA) is 48.7 Å². The molecule has 34 heavy (non-hydrogen) atoms. The highest BCUT2D eigenvalue weighted by Crippen LogP contribution is 2.44. The maximum Gasteiger partial charge on any atom is 0.310 e. The normalized spacial score (nSPS) is 13.3. The van der Waals surface area contributed by atoms with E-state index in [1.807, 2.05) is 42.5 Å². The van der Waals surface area contributed by atoms with Gasteiger partial charge in [-0.05, 0) is 62.1 Å². The second kappa shape index (κ2) is 9.34. The Hall–Kier alpha value is -3.60. The van der Waals surface area contributed by atoms with Crippen LogP contribution in [0.3, 0.4) is 0 Å². The summed E-state index contributed by atoms with van der Waals surface area (Å²) in [5.41, 5.74) is 4.21. The van der Waals surface area contributed by atoms with Gasteiger partial charge in [-0.15, -0.1) is 0 Å². The zero-order valence-corrected chi connectivity index (χ0v) is 19.4. The van der Waals surface area contributed by atoms with Crippen LogP contribution < -0.4 is 4.74 Å². The SMILES string of the molecule is CCOC(=O)Cc1ccccc1OCc1cc(-c2cccc(C)c2F)c2oc(C3CC3)cc2c1. The van der Waals surface area contributed by atoms with Gasteiger partial charge in [0.05, 0.1) is 13.0 Å². The van der Waals surface area contributed by atoms with E-state index < -0.39 is 0 Å². The van der Waals surface area contributed by atoms with E-state index in [-0.39, 0.29) is 24.8 Å². The average molecular weight is 459 g/mol. The Labute approximate surface area is 198 Å². The minimum atomic E-state index is -0.289. The fourth-order valence-corrected chi connectivity index (χ4v) is 4.26. The van der Waals surface area contributed by atoms with Crippen molar-refractivity contribution >= 4 is 16.9 Å². The number of furan rings is 1. The highest BCUT2D eigenvalue weighted by atomic mass is 19.1. The molecule has 1 aliphatic carbocycles. The van der Waals surface area contributed by atoms with E-state index in [4.69, 9.17) is 13.9 Å². The monoisotopic (exact) mass is 458 g/mol. The van der Waals surface area contributed by atoms with E-state index in [0.717, 1.165) is 40.7 Å². The number of fused-ring (bicyclic) bond motifs is 1. The summed E-state index contributed by atoms with van der Waals surface area (Å²) in [4.78, 5) is 12.0. The Morgan fingerprint density at radius 3 is 2.68 bits per heavy atom. The van der Waals surface area contributed by atoms with Crippen molar-refractivity contribution in [1.29, 1.82) is 0 Å². The summed E-state index contributed by atoms with van der Waals surface area (Å²) in [5, 5.41) is 0.943. The molecule has 5 rings (SSSR count). The van der Waals surface area contributed by atoms with Crippen LogP contribution >= 0.6 is 0 Å². The molecule has 0 N–H and O–H groups in total. The van der Waals surface area contributed by atoms with E-state index in [9.17, 15) is 4.79 Å². The summed E-state index contributed by atoms with van der Waals surface area (Å²) in [6, 6.07) is 18.9. The minimum absolute atomic E-state index is 0.148. The molecule has 0 radical (unpaired) electrons. The number of hydrogen-bond acceptors (Lipinski definition) is 4. The number of carbonyl (C=O) groups is 1. The lowest BCUT2D eigenvalue weighted by Crippen LogP contribution is -2.09. The molecule has 0 bridgehead atoms. The fourth-order valence-electron chi connectivity index (χ4n) is 4.26. The molecule has 1 heterocycles. The van der Waals surface area contributed by atoms with Crippen molar-refractivity contribution < 1.29 is 23.1 Å². The van der Waals surface area contributed by atoms with E-state index in [0.29, 0.717) is 35.0 Å². The lowest BCUT2D eigenvalue weighted by Gasteiger charge is -2.13. The van der Waals surface area contributed by atoms with Gasteiger partial charge in [0.2, 0.25) is 0 Å². The number of ether oxygens (including phenoxy) is 2. The molecule has 0 spiro atoms. The molecule has 1 aliphatic rings. The van der Waals surface area contributed by atoms with Crippen LogP contribution in [-0.4, -0.2) is 12.6 Å². The zero-order chi connectivity index (χ0) is 23.7. The van der Waals surface area contributed by atoms with Crippen LogP contribution in [-0.2, 0) is 22.6 Å². The van der Waals surface area contributed by atoms with Gasteiger partial charge < -0.3 is 13.9 Å². The highest BCUT2D eigenvalue weighted by Gasteiger charge is 2.28. The largest absolute Gasteiger partial charge is 0.489 e. The summed E-state index contributed by atoms with van der Waals surface area (Å²) >= 11 is 0. The molecule has 3 aromatic carbocycles. The van der Waals surface area contributed by atoms with Crippen LogP contribution in [0.2, 0.25) is 0 Å². The number of halogens is 1. The van der Waals surface area contributed by atoms with Gasteiger partial charge in [-0.3, -0.25) is 4.79 Å². The Balaban J connectivity index is 1.49. The number of benzene rings is 3. The predicted octanol–water partition coefficient (Wildman–Crippen LogP) is 7.11. The van der Waals surface area contributed by atoms with Crippen LogP contribution in [0.25, 0.3) is 22.1 Å². The molecular formula is C29H27FO4. The molecule has 1 saturated carbocycles. The van der Waals surface area contributed by atoms with Crippen molar-refractivity contribution in [3.05, 3.63) is 88.9 Å². The second-order valence-corrected chi connectivity index (χ2v) is 8.80. The first-order valence-corrected chi connectivity index (χ1v) is 11.7. The van der Waals surface area contributed by atoms with Gasteiger partial charge in [-0.1, -0.05) is 36.4 Å². The molecule has 0 amide bonds. The third-order valence-electron chi connectivity index (χ3n) is 6.16. The molecule has 174 valence electrons. The van der Waals surface area contributed by atoms with Gasteiger partial charge in [0.25, 0.3) is 0 Å². The summed E-state index contributed by atoms with van der Waals surface area (Å²) < 4.78 is 32.5. The van der Waals surface area contributed by atoms with Crippen LogP contribution in [0.4, 0.5) is 4.39 Å². The van der Waals surface area contributed by atoms with Gasteiger partial charge >= 0.3 is 5.97 Å². The van der Waals surface area contributed by atoms with Crippen molar-refractivity contribution in [3.8, 4) is 16.9 Å². The first-order valence-electron chi connectivity index (χ1n) is 11.7. The van der Waals surface area contributed by atoms with E-state index in [1.54, 1.807) is 26.0 Å². The number of carbonyl (C=O) groups excluding carboxylic acids is 1. The first-order chi connectivity index (χ1) is 16.5. The van der Waals surface area contributed by atoms with Gasteiger partial charge in [0.1, 0.15) is 29.5 Å². The minimum Gasteiger partial charge on any atom is -0.489 e. The number of aryl methyl sites for hydroxylation is 1. The molecule has 0 atom stereocenters. The molecule has 1 fully saturated rings. The maximum atomic E-state index is 15.1. The first kappa shape index (κ1) is 22.2. The molecule has 0 unspecified atom stereocenters. The fraction of sp³-hybridized carbons (Fsp3) is 0.276. The Morgan fingerprint density at radius 2 is 1.88 bits per heavy atom. The molecule has 0 aliphatic heterocycles. The van der Waals surface area contributed by atoms with Crippen LogP contribution in [0.1, 0.15) is 48.1 Å². The highest BCUT2D eigenvalue weighted by molar-refractivity contribution is 5.94. The smallest absolute Gasteiger partial charge is 0.310 e. The Kier molecular flexibility index (Phi) is 6.10. The van der Waals surface area contributed by atoms with Crippen molar-refractivity contribution in [1.82, 2.24) is 0 Å². The number of rotatable bonds is 8. The van der Waals surface area contributed by atoms with Crippen molar-refractivity contribution in [2.45, 2.75) is 45.6 Å². The van der Waals surface area contributed by atoms with Gasteiger partial charge in [0.15, 0.2) is 0 Å². The van der Waals surface area contributed by atoms with Crippen LogP contribution in [0.5, 0.6) is 5.75 Å². The van der Waals surface area contributed by atoms with Crippen LogP contribution in [0.15, 0.2) is 65.1 Å². The predicted molar refractivity (Wildman–Crippen MR) is 129 cm³/mol. The van der Waals surface area contributed by atoms with Crippen molar-refractivity contribution in [3.63, 3.8) is 0 Å². The molecule has 1 aromatic heterocycles. The third-order valence-corrected chi connectivity index (χ3v) is 6.16. The molecular weight excluding hydrogens is 431 g/mol. The third kappa shape index (κ3) is 4.56. The molecule has 4 nitrogen and oxygen atoms in total. The van der Waals surface area contributed by atoms with Gasteiger partial charge in [-0.2, -0.15) is 0 Å². The molecule has 4 aromatic rings. The lowest BCUT2D eigenvalue weighted by molar-refractivity contribution is -0.142. The average Bonchev–Trinajstić information content (AvgIpc) is 3.59. The van der Waals surface area contributed by atoms with Crippen molar-refractivity contribution in [2.24, 2.45) is 0 Å². The standard InChI is InChI=1S/C29H27FO4/c1-3-32-27(31)16-21-8-4-5-10-25(21)33-17-19-13-22-15-26(20-11-12-20)34-29(22)24(14-19)23-9-6-7-18(2)28(23)30/h4-10,13-15,20H,3,11-12,16-17H2,1-2H3. The maximum absolute atomic E-state index is 15.1. The summed E-state index contributed by atoms with van der Waals surface area (Å²) in [7, 11) is 0.